The van der Waals surface area contributed by atoms with Crippen molar-refractivity contribution in [3.8, 4) is 0 Å². The maximum Gasteiger partial charge on any atom is 0.257 e. The molecule has 1 heterocycles. The van der Waals surface area contributed by atoms with Crippen LogP contribution in [0.15, 0.2) is 47.5 Å². The number of benzene rings is 2. The molecule has 1 amide bonds. The van der Waals surface area contributed by atoms with Gasteiger partial charge in [0.05, 0.1) is 27.2 Å². The Labute approximate surface area is 162 Å². The topological polar surface area (TPSA) is 95.2 Å². The summed E-state index contributed by atoms with van der Waals surface area (Å²) in [6.07, 6.45) is 1.65. The molecule has 0 spiro atoms. The molecule has 0 unspecified atom stereocenters. The fraction of sp³-hybridized carbons (Fsp3) is 0.222. The summed E-state index contributed by atoms with van der Waals surface area (Å²) in [6.45, 7) is 4.20. The Morgan fingerprint density at radius 3 is 2.63 bits per heavy atom. The number of aromatic nitrogens is 2. The molecule has 1 aromatic heterocycles. The average Bonchev–Trinajstić information content (AvgIpc) is 3.10. The minimum absolute atomic E-state index is 0.0334. The fourth-order valence-corrected chi connectivity index (χ4v) is 4.46. The van der Waals surface area contributed by atoms with Gasteiger partial charge in [0.25, 0.3) is 5.91 Å². The molecule has 142 valence electrons. The number of halogens is 1. The predicted octanol–water partition coefficient (Wildman–Crippen LogP) is 3.50. The first-order chi connectivity index (χ1) is 12.9. The van der Waals surface area contributed by atoms with E-state index in [0.717, 1.165) is 10.9 Å². The molecule has 27 heavy (non-hydrogen) atoms. The lowest BCUT2D eigenvalue weighted by molar-refractivity contribution is 0.102. The van der Waals surface area contributed by atoms with Gasteiger partial charge < -0.3 is 5.32 Å². The maximum absolute atomic E-state index is 12.7. The number of nitrogens with zero attached hydrogens (tertiary/aromatic N) is 2. The minimum atomic E-state index is -3.69. The van der Waals surface area contributed by atoms with Crippen molar-refractivity contribution in [3.05, 3.63) is 53.2 Å². The lowest BCUT2D eigenvalue weighted by Crippen LogP contribution is -2.30. The zero-order valence-electron chi connectivity index (χ0n) is 14.9. The van der Waals surface area contributed by atoms with Crippen molar-refractivity contribution in [1.29, 1.82) is 0 Å². The number of anilines is 1. The van der Waals surface area contributed by atoms with E-state index < -0.39 is 15.9 Å². The first-order valence-corrected chi connectivity index (χ1v) is 10.2. The quantitative estimate of drug-likeness (QED) is 0.654. The second kappa shape index (κ2) is 7.67. The monoisotopic (exact) mass is 406 g/mol. The molecule has 0 aliphatic heterocycles. The number of rotatable bonds is 6. The average molecular weight is 407 g/mol. The zero-order chi connectivity index (χ0) is 19.6. The fourth-order valence-electron chi connectivity index (χ4n) is 2.77. The number of sulfonamides is 1. The highest BCUT2D eigenvalue weighted by Gasteiger charge is 2.24. The van der Waals surface area contributed by atoms with Crippen LogP contribution in [0.5, 0.6) is 0 Å². The summed E-state index contributed by atoms with van der Waals surface area (Å²) in [7, 11) is -3.69. The van der Waals surface area contributed by atoms with Crippen LogP contribution >= 0.6 is 11.6 Å². The molecule has 7 nitrogen and oxygen atoms in total. The molecule has 2 N–H and O–H groups in total. The predicted molar refractivity (Wildman–Crippen MR) is 106 cm³/mol. The van der Waals surface area contributed by atoms with E-state index in [9.17, 15) is 13.2 Å². The van der Waals surface area contributed by atoms with E-state index in [2.05, 4.69) is 15.5 Å². The summed E-state index contributed by atoms with van der Waals surface area (Å²) in [5.74, 6) is -0.487. The molecule has 0 saturated heterocycles. The van der Waals surface area contributed by atoms with E-state index >= 15 is 0 Å². The Balaban J connectivity index is 1.92. The molecule has 9 heteroatoms. The molecule has 3 rings (SSSR count). The lowest BCUT2D eigenvalue weighted by Gasteiger charge is -2.19. The number of H-pyrrole nitrogens is 1. The van der Waals surface area contributed by atoms with Crippen LogP contribution in [0.2, 0.25) is 5.02 Å². The van der Waals surface area contributed by atoms with Crippen molar-refractivity contribution in [2.45, 2.75) is 18.7 Å². The van der Waals surface area contributed by atoms with E-state index in [0.29, 0.717) is 18.8 Å². The highest BCUT2D eigenvalue weighted by Crippen LogP contribution is 2.24. The van der Waals surface area contributed by atoms with Gasteiger partial charge in [0.15, 0.2) is 0 Å². The number of carbonyl (C=O) groups excluding carboxylic acids is 1. The molecule has 0 fully saturated rings. The Kier molecular flexibility index (Phi) is 5.50. The van der Waals surface area contributed by atoms with Crippen molar-refractivity contribution in [1.82, 2.24) is 14.5 Å². The van der Waals surface area contributed by atoms with Gasteiger partial charge in [0.1, 0.15) is 0 Å². The van der Waals surface area contributed by atoms with Crippen molar-refractivity contribution < 1.29 is 13.2 Å². The molecule has 2 aromatic carbocycles. The molecule has 0 aliphatic carbocycles. The SMILES string of the molecule is CCN(CC)S(=O)(=O)c1ccc(Cl)c(C(=O)Nc2ccc3[nH]ncc3c2)c1. The van der Waals surface area contributed by atoms with Gasteiger partial charge in [-0.05, 0) is 36.4 Å². The summed E-state index contributed by atoms with van der Waals surface area (Å²) in [5, 5.41) is 10.5. The van der Waals surface area contributed by atoms with Crippen molar-refractivity contribution >= 4 is 44.1 Å². The Morgan fingerprint density at radius 1 is 1.19 bits per heavy atom. The van der Waals surface area contributed by atoms with Crippen molar-refractivity contribution in [3.63, 3.8) is 0 Å². The highest BCUT2D eigenvalue weighted by molar-refractivity contribution is 7.89. The van der Waals surface area contributed by atoms with Gasteiger partial charge in [-0.1, -0.05) is 25.4 Å². The summed E-state index contributed by atoms with van der Waals surface area (Å²) in [6, 6.07) is 9.42. The number of hydrogen-bond donors (Lipinski definition) is 2. The van der Waals surface area contributed by atoms with Gasteiger partial charge in [-0.15, -0.1) is 0 Å². The second-order valence-electron chi connectivity index (χ2n) is 5.86. The van der Waals surface area contributed by atoms with Gasteiger partial charge in [0, 0.05) is 24.2 Å². The van der Waals surface area contributed by atoms with Crippen LogP contribution in [0.4, 0.5) is 5.69 Å². The Bertz CT molecular complexity index is 1090. The molecular weight excluding hydrogens is 388 g/mol. The van der Waals surface area contributed by atoms with Crippen LogP contribution in [0.1, 0.15) is 24.2 Å². The van der Waals surface area contributed by atoms with Gasteiger partial charge in [-0.25, -0.2) is 8.42 Å². The van der Waals surface area contributed by atoms with Crippen LogP contribution in [0.3, 0.4) is 0 Å². The van der Waals surface area contributed by atoms with E-state index in [4.69, 9.17) is 11.6 Å². The molecule has 0 atom stereocenters. The number of nitrogens with one attached hydrogen (secondary N) is 2. The largest absolute Gasteiger partial charge is 0.322 e. The molecule has 0 bridgehead atoms. The number of amides is 1. The molecular formula is C18H19ClN4O3S. The molecule has 3 aromatic rings. The van der Waals surface area contributed by atoms with E-state index in [1.807, 2.05) is 0 Å². The standard InChI is InChI=1S/C18H19ClN4O3S/c1-3-23(4-2)27(25,26)14-6-7-16(19)15(10-14)18(24)21-13-5-8-17-12(9-13)11-20-22-17/h5-11H,3-4H2,1-2H3,(H,20,22)(H,21,24). The molecule has 0 saturated carbocycles. The highest BCUT2D eigenvalue weighted by atomic mass is 35.5. The van der Waals surface area contributed by atoms with E-state index in [1.54, 1.807) is 38.2 Å². The van der Waals surface area contributed by atoms with Crippen LogP contribution in [-0.4, -0.2) is 41.9 Å². The van der Waals surface area contributed by atoms with Crippen LogP contribution in [-0.2, 0) is 10.0 Å². The normalized spacial score (nSPS) is 11.9. The van der Waals surface area contributed by atoms with Gasteiger partial charge in [0.2, 0.25) is 10.0 Å². The molecule has 0 radical (unpaired) electrons. The summed E-state index contributed by atoms with van der Waals surface area (Å²) in [4.78, 5) is 12.7. The van der Waals surface area contributed by atoms with E-state index in [-0.39, 0.29) is 15.5 Å². The third kappa shape index (κ3) is 3.83. The summed E-state index contributed by atoms with van der Waals surface area (Å²) >= 11 is 6.15. The van der Waals surface area contributed by atoms with Gasteiger partial charge in [-0.2, -0.15) is 9.40 Å². The number of carbonyl (C=O) groups is 1. The van der Waals surface area contributed by atoms with Gasteiger partial charge >= 0.3 is 0 Å². The minimum Gasteiger partial charge on any atom is -0.322 e. The zero-order valence-corrected chi connectivity index (χ0v) is 16.4. The van der Waals surface area contributed by atoms with Crippen molar-refractivity contribution in [2.75, 3.05) is 18.4 Å². The van der Waals surface area contributed by atoms with Crippen molar-refractivity contribution in [2.24, 2.45) is 0 Å². The Morgan fingerprint density at radius 2 is 1.93 bits per heavy atom. The third-order valence-corrected chi connectivity index (χ3v) is 6.60. The maximum atomic E-state index is 12.7. The number of hydrogen-bond acceptors (Lipinski definition) is 4. The Hall–Kier alpha value is -2.42. The summed E-state index contributed by atoms with van der Waals surface area (Å²) in [5.41, 5.74) is 1.50. The van der Waals surface area contributed by atoms with Crippen LogP contribution in [0.25, 0.3) is 10.9 Å². The third-order valence-electron chi connectivity index (χ3n) is 4.22. The smallest absolute Gasteiger partial charge is 0.257 e. The van der Waals surface area contributed by atoms with E-state index in [1.165, 1.54) is 22.5 Å². The van der Waals surface area contributed by atoms with Gasteiger partial charge in [-0.3, -0.25) is 9.89 Å². The lowest BCUT2D eigenvalue weighted by atomic mass is 10.2. The first-order valence-electron chi connectivity index (χ1n) is 8.41. The van der Waals surface area contributed by atoms with Crippen LogP contribution < -0.4 is 5.32 Å². The second-order valence-corrected chi connectivity index (χ2v) is 8.20. The molecule has 0 aliphatic rings. The number of fused-ring (bicyclic) bond motifs is 1. The first kappa shape index (κ1) is 19.3. The number of aromatic amines is 1. The summed E-state index contributed by atoms with van der Waals surface area (Å²) < 4.78 is 26.7. The van der Waals surface area contributed by atoms with Crippen LogP contribution in [0, 0.1) is 0 Å².